The van der Waals surface area contributed by atoms with Crippen molar-refractivity contribution < 1.29 is 9.90 Å². The van der Waals surface area contributed by atoms with E-state index >= 15 is 0 Å². The lowest BCUT2D eigenvalue weighted by Gasteiger charge is -2.13. The fraction of sp³-hybridized carbons (Fsp3) is 0.500. The van der Waals surface area contributed by atoms with Crippen LogP contribution in [0.1, 0.15) is 56.6 Å². The first kappa shape index (κ1) is 19.2. The number of benzene rings is 1. The van der Waals surface area contributed by atoms with Crippen molar-refractivity contribution in [3.05, 3.63) is 35.4 Å². The van der Waals surface area contributed by atoms with Gasteiger partial charge in [-0.25, -0.2) is 9.78 Å². The molecule has 5 heteroatoms. The Kier molecular flexibility index (Phi) is 7.67. The van der Waals surface area contributed by atoms with Crippen LogP contribution in [0.4, 0.5) is 10.6 Å². The van der Waals surface area contributed by atoms with Crippen molar-refractivity contribution in [1.29, 1.82) is 0 Å². The maximum Gasteiger partial charge on any atom is 0.410 e. The molecule has 0 bridgehead atoms. The highest BCUT2D eigenvalue weighted by atomic mass is 16.4. The van der Waals surface area contributed by atoms with Crippen molar-refractivity contribution in [2.45, 2.75) is 58.3 Å². The van der Waals surface area contributed by atoms with Crippen LogP contribution in [-0.2, 0) is 12.8 Å². The number of unbranched alkanes of at least 4 members (excludes halogenated alkanes) is 4. The number of carboxylic acid groups (broad SMARTS) is 1. The van der Waals surface area contributed by atoms with Crippen LogP contribution in [0.2, 0.25) is 0 Å². The lowest BCUT2D eigenvalue weighted by atomic mass is 9.99. The van der Waals surface area contributed by atoms with E-state index in [1.807, 2.05) is 12.1 Å². The number of rotatable bonds is 10. The largest absolute Gasteiger partial charge is 0.465 e. The highest BCUT2D eigenvalue weighted by molar-refractivity contribution is 5.89. The topological polar surface area (TPSA) is 88.2 Å². The molecule has 25 heavy (non-hydrogen) atoms. The number of hydrogen-bond acceptors (Lipinski definition) is 3. The molecule has 0 unspecified atom stereocenters. The maximum absolute atomic E-state index is 11.1. The first-order chi connectivity index (χ1) is 12.2. The predicted molar refractivity (Wildman–Crippen MR) is 103 cm³/mol. The zero-order chi connectivity index (χ0) is 18.1. The third kappa shape index (κ3) is 5.71. The van der Waals surface area contributed by atoms with Gasteiger partial charge in [-0.3, -0.25) is 5.32 Å². The van der Waals surface area contributed by atoms with Gasteiger partial charge in [0.15, 0.2) is 0 Å². The number of nitrogens with two attached hydrogens (primary N) is 1. The number of aryl methyl sites for hydroxylation is 2. The summed E-state index contributed by atoms with van der Waals surface area (Å²) in [5.74, 6) is 0.469. The molecule has 0 saturated heterocycles. The Morgan fingerprint density at radius 3 is 2.60 bits per heavy atom. The summed E-state index contributed by atoms with van der Waals surface area (Å²) in [6, 6.07) is 8.21. The monoisotopic (exact) mass is 343 g/mol. The quantitative estimate of drug-likeness (QED) is 0.544. The Hall–Kier alpha value is -2.14. The SMILES string of the molecule is CCCCCc1cc2c(CCCCCN)cccc2nc1NC(=O)O. The summed E-state index contributed by atoms with van der Waals surface area (Å²) >= 11 is 0. The van der Waals surface area contributed by atoms with Crippen LogP contribution in [-0.4, -0.2) is 22.7 Å². The van der Waals surface area contributed by atoms with Gasteiger partial charge >= 0.3 is 6.09 Å². The van der Waals surface area contributed by atoms with E-state index in [2.05, 4.69) is 29.4 Å². The van der Waals surface area contributed by atoms with Crippen molar-refractivity contribution in [1.82, 2.24) is 4.98 Å². The van der Waals surface area contributed by atoms with Gasteiger partial charge in [-0.1, -0.05) is 38.3 Å². The van der Waals surface area contributed by atoms with Crippen molar-refractivity contribution >= 4 is 22.8 Å². The van der Waals surface area contributed by atoms with Gasteiger partial charge in [0.1, 0.15) is 5.82 Å². The molecule has 0 radical (unpaired) electrons. The zero-order valence-corrected chi connectivity index (χ0v) is 15.1. The van der Waals surface area contributed by atoms with E-state index in [0.717, 1.165) is 74.4 Å². The predicted octanol–water partition coefficient (Wildman–Crippen LogP) is 4.73. The Morgan fingerprint density at radius 2 is 1.88 bits per heavy atom. The molecule has 1 amide bonds. The smallest absolute Gasteiger partial charge is 0.410 e. The number of aromatic nitrogens is 1. The average Bonchev–Trinajstić information content (AvgIpc) is 2.59. The summed E-state index contributed by atoms with van der Waals surface area (Å²) in [6.07, 6.45) is 7.36. The minimum atomic E-state index is -1.07. The number of nitrogens with one attached hydrogen (secondary N) is 1. The molecular weight excluding hydrogens is 314 g/mol. The fourth-order valence-electron chi connectivity index (χ4n) is 3.12. The second-order valence-corrected chi connectivity index (χ2v) is 6.47. The van der Waals surface area contributed by atoms with Crippen molar-refractivity contribution in [3.63, 3.8) is 0 Å². The van der Waals surface area contributed by atoms with Gasteiger partial charge in [0.25, 0.3) is 0 Å². The molecule has 136 valence electrons. The molecule has 0 aliphatic heterocycles. The summed E-state index contributed by atoms with van der Waals surface area (Å²) in [5, 5.41) is 12.7. The van der Waals surface area contributed by atoms with E-state index in [1.54, 1.807) is 0 Å². The van der Waals surface area contributed by atoms with Gasteiger partial charge in [0.2, 0.25) is 0 Å². The Labute approximate surface area is 149 Å². The van der Waals surface area contributed by atoms with E-state index in [9.17, 15) is 4.79 Å². The van der Waals surface area contributed by atoms with Gasteiger partial charge in [0, 0.05) is 5.39 Å². The second kappa shape index (κ2) is 9.99. The van der Waals surface area contributed by atoms with E-state index in [4.69, 9.17) is 10.8 Å². The summed E-state index contributed by atoms with van der Waals surface area (Å²) in [7, 11) is 0. The Morgan fingerprint density at radius 1 is 1.12 bits per heavy atom. The number of anilines is 1. The molecule has 1 heterocycles. The standard InChI is InChI=1S/C20H29N3O2/c1-2-3-5-10-16-14-17-15(9-6-4-7-13-21)11-8-12-18(17)22-19(16)23-20(24)25/h8,11-12,14H,2-7,9-10,13,21H2,1H3,(H,22,23)(H,24,25). The molecule has 0 saturated carbocycles. The molecule has 0 fully saturated rings. The molecule has 0 atom stereocenters. The normalized spacial score (nSPS) is 11.0. The van der Waals surface area contributed by atoms with Gasteiger partial charge in [0.05, 0.1) is 5.52 Å². The van der Waals surface area contributed by atoms with E-state index in [-0.39, 0.29) is 0 Å². The molecule has 2 aromatic rings. The Bertz CT molecular complexity index is 701. The van der Waals surface area contributed by atoms with Crippen molar-refractivity contribution in [3.8, 4) is 0 Å². The van der Waals surface area contributed by atoms with Crippen molar-refractivity contribution in [2.24, 2.45) is 5.73 Å². The first-order valence-electron chi connectivity index (χ1n) is 9.27. The Balaban J connectivity index is 2.31. The second-order valence-electron chi connectivity index (χ2n) is 6.47. The lowest BCUT2D eigenvalue weighted by Crippen LogP contribution is -2.11. The first-order valence-corrected chi connectivity index (χ1v) is 9.27. The lowest BCUT2D eigenvalue weighted by molar-refractivity contribution is 0.209. The fourth-order valence-corrected chi connectivity index (χ4v) is 3.12. The third-order valence-electron chi connectivity index (χ3n) is 4.45. The van der Waals surface area contributed by atoms with E-state index in [1.165, 1.54) is 5.56 Å². The number of amides is 1. The molecule has 1 aromatic heterocycles. The number of carbonyl (C=O) groups is 1. The zero-order valence-electron chi connectivity index (χ0n) is 15.1. The molecule has 2 rings (SSSR count). The molecular formula is C20H29N3O2. The highest BCUT2D eigenvalue weighted by Crippen LogP contribution is 2.26. The van der Waals surface area contributed by atoms with E-state index in [0.29, 0.717) is 5.82 Å². The van der Waals surface area contributed by atoms with Crippen LogP contribution >= 0.6 is 0 Å². The van der Waals surface area contributed by atoms with Crippen molar-refractivity contribution in [2.75, 3.05) is 11.9 Å². The van der Waals surface area contributed by atoms with Gasteiger partial charge in [-0.2, -0.15) is 0 Å². The third-order valence-corrected chi connectivity index (χ3v) is 4.45. The molecule has 4 N–H and O–H groups in total. The van der Waals surface area contributed by atoms with Gasteiger partial charge < -0.3 is 10.8 Å². The van der Waals surface area contributed by atoms with Crippen LogP contribution in [0.25, 0.3) is 10.9 Å². The average molecular weight is 343 g/mol. The number of nitrogens with zero attached hydrogens (tertiary/aromatic N) is 1. The van der Waals surface area contributed by atoms with Gasteiger partial charge in [-0.15, -0.1) is 0 Å². The van der Waals surface area contributed by atoms with Crippen LogP contribution in [0.3, 0.4) is 0 Å². The van der Waals surface area contributed by atoms with Gasteiger partial charge in [-0.05, 0) is 61.9 Å². The summed E-state index contributed by atoms with van der Waals surface area (Å²) in [4.78, 5) is 15.7. The number of pyridine rings is 1. The molecule has 0 aliphatic rings. The molecule has 0 spiro atoms. The number of hydrogen-bond donors (Lipinski definition) is 3. The molecule has 1 aromatic carbocycles. The van der Waals surface area contributed by atoms with Crippen LogP contribution in [0.15, 0.2) is 24.3 Å². The summed E-state index contributed by atoms with van der Waals surface area (Å²) in [5.41, 5.74) is 8.68. The number of fused-ring (bicyclic) bond motifs is 1. The minimum absolute atomic E-state index is 0.469. The summed E-state index contributed by atoms with van der Waals surface area (Å²) in [6.45, 7) is 2.90. The minimum Gasteiger partial charge on any atom is -0.465 e. The maximum atomic E-state index is 11.1. The van der Waals surface area contributed by atoms with E-state index < -0.39 is 6.09 Å². The summed E-state index contributed by atoms with van der Waals surface area (Å²) < 4.78 is 0. The van der Waals surface area contributed by atoms with Crippen LogP contribution < -0.4 is 11.1 Å². The molecule has 5 nitrogen and oxygen atoms in total. The van der Waals surface area contributed by atoms with Crippen LogP contribution in [0, 0.1) is 0 Å². The molecule has 0 aliphatic carbocycles. The van der Waals surface area contributed by atoms with Crippen LogP contribution in [0.5, 0.6) is 0 Å². The highest BCUT2D eigenvalue weighted by Gasteiger charge is 2.11.